The van der Waals surface area contributed by atoms with Crippen molar-refractivity contribution in [3.63, 3.8) is 0 Å². The minimum absolute atomic E-state index is 0.660. The van der Waals surface area contributed by atoms with Crippen LogP contribution in [0.2, 0.25) is 0 Å². The summed E-state index contributed by atoms with van der Waals surface area (Å²) in [7, 11) is 0. The Bertz CT molecular complexity index is 629. The van der Waals surface area contributed by atoms with E-state index in [1.807, 2.05) is 0 Å². The van der Waals surface area contributed by atoms with Crippen LogP contribution in [0.5, 0.6) is 0 Å². The number of hydrogen-bond acceptors (Lipinski definition) is 1. The average molecular weight is 281 g/mol. The lowest BCUT2D eigenvalue weighted by molar-refractivity contribution is 0.182. The van der Waals surface area contributed by atoms with E-state index in [0.717, 1.165) is 25.7 Å². The standard InChI is InChI=1S/C19H23NO/c1-2-6-16-10-17-18-13-21-12-15(18)9-19(17)20(16)11-14-7-4-3-5-8-14/h3-5,7-8,10,15,18H,2,6,9,11-13H2,1H3/t15-,18+/m0/s1. The van der Waals surface area contributed by atoms with Crippen molar-refractivity contribution in [2.45, 2.75) is 38.6 Å². The first-order valence-electron chi connectivity index (χ1n) is 8.19. The van der Waals surface area contributed by atoms with Crippen molar-refractivity contribution in [3.05, 3.63) is 58.9 Å². The second-order valence-corrected chi connectivity index (χ2v) is 6.47. The molecule has 2 heterocycles. The molecule has 110 valence electrons. The van der Waals surface area contributed by atoms with E-state index >= 15 is 0 Å². The van der Waals surface area contributed by atoms with Crippen molar-refractivity contribution in [3.8, 4) is 0 Å². The summed E-state index contributed by atoms with van der Waals surface area (Å²) >= 11 is 0. The third kappa shape index (κ3) is 2.22. The summed E-state index contributed by atoms with van der Waals surface area (Å²) in [5.74, 6) is 1.39. The summed E-state index contributed by atoms with van der Waals surface area (Å²) in [6.07, 6.45) is 3.59. The fourth-order valence-electron chi connectivity index (χ4n) is 4.04. The van der Waals surface area contributed by atoms with Crippen molar-refractivity contribution >= 4 is 0 Å². The zero-order valence-electron chi connectivity index (χ0n) is 12.7. The van der Waals surface area contributed by atoms with Crippen LogP contribution in [0.3, 0.4) is 0 Å². The quantitative estimate of drug-likeness (QED) is 0.832. The van der Waals surface area contributed by atoms with E-state index < -0.39 is 0 Å². The molecule has 0 N–H and O–H groups in total. The number of benzene rings is 1. The summed E-state index contributed by atoms with van der Waals surface area (Å²) in [5, 5.41) is 0. The molecule has 0 radical (unpaired) electrons. The van der Waals surface area contributed by atoms with Gasteiger partial charge < -0.3 is 9.30 Å². The molecule has 0 bridgehead atoms. The molecule has 2 nitrogen and oxygen atoms in total. The molecule has 0 unspecified atom stereocenters. The number of aromatic nitrogens is 1. The molecule has 4 rings (SSSR count). The van der Waals surface area contributed by atoms with Crippen molar-refractivity contribution < 1.29 is 4.74 Å². The van der Waals surface area contributed by atoms with Gasteiger partial charge in [0.2, 0.25) is 0 Å². The molecule has 0 spiro atoms. The van der Waals surface area contributed by atoms with Crippen LogP contribution in [0, 0.1) is 5.92 Å². The molecule has 2 aliphatic rings. The number of fused-ring (bicyclic) bond motifs is 3. The van der Waals surface area contributed by atoms with Gasteiger partial charge in [0.05, 0.1) is 13.2 Å². The van der Waals surface area contributed by atoms with Crippen molar-refractivity contribution in [1.82, 2.24) is 4.57 Å². The van der Waals surface area contributed by atoms with Gasteiger partial charge >= 0.3 is 0 Å². The topological polar surface area (TPSA) is 14.2 Å². The zero-order chi connectivity index (χ0) is 14.2. The summed E-state index contributed by atoms with van der Waals surface area (Å²) in [6, 6.07) is 13.3. The van der Waals surface area contributed by atoms with E-state index in [1.165, 1.54) is 30.5 Å². The van der Waals surface area contributed by atoms with E-state index in [9.17, 15) is 0 Å². The zero-order valence-corrected chi connectivity index (χ0v) is 12.7. The SMILES string of the molecule is CCCc1cc2c(n1Cc1ccccc1)C[C@H]1COC[C@@H]21. The molecule has 21 heavy (non-hydrogen) atoms. The predicted molar refractivity (Wildman–Crippen MR) is 84.7 cm³/mol. The van der Waals surface area contributed by atoms with Gasteiger partial charge in [-0.25, -0.2) is 0 Å². The lowest BCUT2D eigenvalue weighted by Crippen LogP contribution is -2.10. The van der Waals surface area contributed by atoms with Crippen LogP contribution in [-0.2, 0) is 24.1 Å². The van der Waals surface area contributed by atoms with Gasteiger partial charge in [-0.1, -0.05) is 43.7 Å². The average Bonchev–Trinajstić information content (AvgIpc) is 3.15. The van der Waals surface area contributed by atoms with Crippen LogP contribution in [-0.4, -0.2) is 17.8 Å². The number of aryl methyl sites for hydroxylation is 1. The molecule has 2 heteroatoms. The van der Waals surface area contributed by atoms with Gasteiger partial charge in [-0.2, -0.15) is 0 Å². The number of rotatable bonds is 4. The van der Waals surface area contributed by atoms with Gasteiger partial charge in [0.1, 0.15) is 0 Å². The second-order valence-electron chi connectivity index (χ2n) is 6.47. The van der Waals surface area contributed by atoms with E-state index in [1.54, 1.807) is 11.3 Å². The molecule has 1 aliphatic heterocycles. The highest BCUT2D eigenvalue weighted by Gasteiger charge is 2.39. The highest BCUT2D eigenvalue weighted by Crippen LogP contribution is 2.43. The fraction of sp³-hybridized carbons (Fsp3) is 0.474. The molecule has 1 aromatic heterocycles. The van der Waals surface area contributed by atoms with E-state index in [4.69, 9.17) is 4.74 Å². The molecule has 2 aromatic rings. The minimum Gasteiger partial charge on any atom is -0.380 e. The number of ether oxygens (including phenoxy) is 1. The van der Waals surface area contributed by atoms with Crippen LogP contribution >= 0.6 is 0 Å². The summed E-state index contributed by atoms with van der Waals surface area (Å²) < 4.78 is 8.28. The second kappa shape index (κ2) is 5.34. The van der Waals surface area contributed by atoms with Crippen molar-refractivity contribution in [1.29, 1.82) is 0 Å². The Balaban J connectivity index is 1.71. The molecule has 0 amide bonds. The lowest BCUT2D eigenvalue weighted by atomic mass is 9.96. The molecule has 0 saturated carbocycles. The number of hydrogen-bond donors (Lipinski definition) is 0. The van der Waals surface area contributed by atoms with Gasteiger partial charge in [0.15, 0.2) is 0 Å². The van der Waals surface area contributed by atoms with Crippen LogP contribution in [0.4, 0.5) is 0 Å². The normalized spacial score (nSPS) is 23.3. The Morgan fingerprint density at radius 2 is 2.05 bits per heavy atom. The first-order chi connectivity index (χ1) is 10.4. The monoisotopic (exact) mass is 281 g/mol. The third-order valence-electron chi connectivity index (χ3n) is 5.07. The van der Waals surface area contributed by atoms with Crippen LogP contribution < -0.4 is 0 Å². The molecular formula is C19H23NO. The first kappa shape index (κ1) is 13.1. The Hall–Kier alpha value is -1.54. The summed E-state index contributed by atoms with van der Waals surface area (Å²) in [6.45, 7) is 5.17. The maximum absolute atomic E-state index is 5.69. The Morgan fingerprint density at radius 1 is 1.19 bits per heavy atom. The molecule has 1 aromatic carbocycles. The smallest absolute Gasteiger partial charge is 0.0539 e. The third-order valence-corrected chi connectivity index (χ3v) is 5.07. The highest BCUT2D eigenvalue weighted by molar-refractivity contribution is 5.39. The molecule has 2 atom stereocenters. The van der Waals surface area contributed by atoms with Crippen LogP contribution in [0.15, 0.2) is 36.4 Å². The van der Waals surface area contributed by atoms with Crippen LogP contribution in [0.1, 0.15) is 41.8 Å². The maximum Gasteiger partial charge on any atom is 0.0539 e. The lowest BCUT2D eigenvalue weighted by Gasteiger charge is -2.14. The van der Waals surface area contributed by atoms with Crippen LogP contribution in [0.25, 0.3) is 0 Å². The largest absolute Gasteiger partial charge is 0.380 e. The number of nitrogens with zero attached hydrogens (tertiary/aromatic N) is 1. The van der Waals surface area contributed by atoms with E-state index in [-0.39, 0.29) is 0 Å². The minimum atomic E-state index is 0.660. The maximum atomic E-state index is 5.69. The van der Waals surface area contributed by atoms with Gasteiger partial charge in [0, 0.05) is 23.9 Å². The van der Waals surface area contributed by atoms with Gasteiger partial charge in [-0.15, -0.1) is 0 Å². The molecule has 1 fully saturated rings. The van der Waals surface area contributed by atoms with Gasteiger partial charge in [-0.05, 0) is 36.0 Å². The first-order valence-corrected chi connectivity index (χ1v) is 8.19. The fourth-order valence-corrected chi connectivity index (χ4v) is 4.04. The summed E-state index contributed by atoms with van der Waals surface area (Å²) in [4.78, 5) is 0. The van der Waals surface area contributed by atoms with E-state index in [0.29, 0.717) is 5.92 Å². The van der Waals surface area contributed by atoms with Crippen molar-refractivity contribution in [2.24, 2.45) is 5.92 Å². The Labute approximate surface area is 126 Å². The Kier molecular flexibility index (Phi) is 3.34. The Morgan fingerprint density at radius 3 is 2.86 bits per heavy atom. The highest BCUT2D eigenvalue weighted by atomic mass is 16.5. The predicted octanol–water partition coefficient (Wildman–Crippen LogP) is 3.78. The van der Waals surface area contributed by atoms with Gasteiger partial charge in [0.25, 0.3) is 0 Å². The van der Waals surface area contributed by atoms with Crippen molar-refractivity contribution in [2.75, 3.05) is 13.2 Å². The molecule has 1 saturated heterocycles. The van der Waals surface area contributed by atoms with Gasteiger partial charge in [-0.3, -0.25) is 0 Å². The van der Waals surface area contributed by atoms with E-state index in [2.05, 4.69) is 47.9 Å². The molecule has 1 aliphatic carbocycles. The molecular weight excluding hydrogens is 258 g/mol. The summed E-state index contributed by atoms with van der Waals surface area (Å²) in [5.41, 5.74) is 6.08.